The van der Waals surface area contributed by atoms with E-state index >= 15 is 0 Å². The lowest BCUT2D eigenvalue weighted by Gasteiger charge is -2.11. The van der Waals surface area contributed by atoms with E-state index in [1.165, 1.54) is 23.1 Å². The summed E-state index contributed by atoms with van der Waals surface area (Å²) < 4.78 is 6.02. The quantitative estimate of drug-likeness (QED) is 0.263. The molecule has 166 valence electrons. The van der Waals surface area contributed by atoms with Crippen molar-refractivity contribution in [2.75, 3.05) is 24.3 Å². The van der Waals surface area contributed by atoms with Crippen molar-refractivity contribution in [2.45, 2.75) is 11.8 Å². The second-order valence-electron chi connectivity index (χ2n) is 6.41. The zero-order valence-electron chi connectivity index (χ0n) is 16.9. The molecule has 0 unspecified atom stereocenters. The van der Waals surface area contributed by atoms with E-state index < -0.39 is 0 Å². The SMILES string of the molecule is CNC(=O)CSc1ncc2cc(-c3ccccc3OCc3cnc(N)nc3N)sc2n1.Cl. The van der Waals surface area contributed by atoms with Gasteiger partial charge in [0.2, 0.25) is 11.9 Å². The van der Waals surface area contributed by atoms with Crippen LogP contribution in [-0.4, -0.2) is 38.6 Å². The average Bonchev–Trinajstić information content (AvgIpc) is 3.20. The Morgan fingerprint density at radius 3 is 2.78 bits per heavy atom. The maximum atomic E-state index is 11.5. The van der Waals surface area contributed by atoms with Crippen molar-refractivity contribution >= 4 is 63.4 Å². The topological polar surface area (TPSA) is 142 Å². The largest absolute Gasteiger partial charge is 0.488 e. The fourth-order valence-corrected chi connectivity index (χ4v) is 4.50. The summed E-state index contributed by atoms with van der Waals surface area (Å²) in [6.45, 7) is 0.216. The molecule has 5 N–H and O–H groups in total. The Morgan fingerprint density at radius 2 is 2.00 bits per heavy atom. The number of rotatable bonds is 7. The molecule has 4 rings (SSSR count). The number of nitrogens with two attached hydrogens (primary N) is 2. The van der Waals surface area contributed by atoms with E-state index in [2.05, 4.69) is 25.3 Å². The molecule has 1 aromatic carbocycles. The molecule has 3 heterocycles. The van der Waals surface area contributed by atoms with Crippen LogP contribution in [0, 0.1) is 0 Å². The van der Waals surface area contributed by atoms with Crippen molar-refractivity contribution in [3.8, 4) is 16.2 Å². The van der Waals surface area contributed by atoms with Gasteiger partial charge in [0.1, 0.15) is 23.0 Å². The Labute approximate surface area is 198 Å². The van der Waals surface area contributed by atoms with Gasteiger partial charge in [0.15, 0.2) is 5.16 Å². The van der Waals surface area contributed by atoms with Crippen LogP contribution in [0.15, 0.2) is 47.9 Å². The highest BCUT2D eigenvalue weighted by Gasteiger charge is 2.13. The number of nitrogen functional groups attached to an aromatic ring is 2. The Balaban J connectivity index is 0.00000289. The molecule has 0 atom stereocenters. The minimum absolute atomic E-state index is 0. The highest BCUT2D eigenvalue weighted by atomic mass is 35.5. The van der Waals surface area contributed by atoms with E-state index in [-0.39, 0.29) is 36.6 Å². The Hall–Kier alpha value is -3.15. The standard InChI is InChI=1S/C20H19N7O2S2.ClH/c1-23-16(28)10-30-20-25-7-11-6-15(31-18(11)27-20)13-4-2-3-5-14(13)29-9-12-8-24-19(22)26-17(12)21;/h2-8H,9-10H2,1H3,(H,23,28)(H4,21,22,24,26);1H. The van der Waals surface area contributed by atoms with Gasteiger partial charge in [-0.2, -0.15) is 4.98 Å². The number of nitrogens with one attached hydrogen (secondary N) is 1. The number of ether oxygens (including phenoxy) is 1. The number of benzene rings is 1. The predicted octanol–water partition coefficient (Wildman–Crippen LogP) is 3.15. The normalized spacial score (nSPS) is 10.5. The van der Waals surface area contributed by atoms with Crippen LogP contribution in [0.1, 0.15) is 5.56 Å². The van der Waals surface area contributed by atoms with Crippen LogP contribution in [0.5, 0.6) is 5.75 Å². The van der Waals surface area contributed by atoms with Gasteiger partial charge < -0.3 is 21.5 Å². The maximum absolute atomic E-state index is 11.5. The summed E-state index contributed by atoms with van der Waals surface area (Å²) in [4.78, 5) is 30.1. The summed E-state index contributed by atoms with van der Waals surface area (Å²) in [6.07, 6.45) is 3.33. The van der Waals surface area contributed by atoms with Crippen LogP contribution < -0.4 is 21.5 Å². The molecule has 0 saturated heterocycles. The Kier molecular flexibility index (Phi) is 7.67. The van der Waals surface area contributed by atoms with Gasteiger partial charge in [-0.3, -0.25) is 4.79 Å². The number of thioether (sulfide) groups is 1. The molecule has 0 fully saturated rings. The van der Waals surface area contributed by atoms with E-state index in [9.17, 15) is 4.79 Å². The predicted molar refractivity (Wildman–Crippen MR) is 130 cm³/mol. The Morgan fingerprint density at radius 1 is 1.19 bits per heavy atom. The molecule has 0 aliphatic heterocycles. The number of nitrogens with zero attached hydrogens (tertiary/aromatic N) is 4. The van der Waals surface area contributed by atoms with Gasteiger partial charge in [-0.05, 0) is 18.2 Å². The van der Waals surface area contributed by atoms with E-state index in [1.54, 1.807) is 19.4 Å². The van der Waals surface area contributed by atoms with Gasteiger partial charge in [0.05, 0.1) is 11.3 Å². The van der Waals surface area contributed by atoms with Crippen LogP contribution in [0.25, 0.3) is 20.7 Å². The van der Waals surface area contributed by atoms with Crippen molar-refractivity contribution in [1.29, 1.82) is 0 Å². The second kappa shape index (κ2) is 10.4. The highest BCUT2D eigenvalue weighted by Crippen LogP contribution is 2.38. The molecule has 0 radical (unpaired) electrons. The van der Waals surface area contributed by atoms with E-state index in [4.69, 9.17) is 16.2 Å². The fourth-order valence-electron chi connectivity index (χ4n) is 2.72. The summed E-state index contributed by atoms with van der Waals surface area (Å²) in [6, 6.07) is 9.75. The van der Waals surface area contributed by atoms with Gasteiger partial charge in [-0.1, -0.05) is 23.9 Å². The third kappa shape index (κ3) is 5.36. The number of aromatic nitrogens is 4. The number of anilines is 2. The number of para-hydroxylation sites is 1. The first-order valence-corrected chi connectivity index (χ1v) is 11.0. The molecule has 0 saturated carbocycles. The molecule has 1 amide bonds. The van der Waals surface area contributed by atoms with Crippen LogP contribution in [0.2, 0.25) is 0 Å². The zero-order chi connectivity index (χ0) is 21.8. The smallest absolute Gasteiger partial charge is 0.230 e. The molecule has 3 aromatic heterocycles. The van der Waals surface area contributed by atoms with Gasteiger partial charge >= 0.3 is 0 Å². The molecule has 32 heavy (non-hydrogen) atoms. The van der Waals surface area contributed by atoms with Crippen molar-refractivity contribution in [2.24, 2.45) is 0 Å². The van der Waals surface area contributed by atoms with Crippen molar-refractivity contribution in [3.63, 3.8) is 0 Å². The lowest BCUT2D eigenvalue weighted by atomic mass is 10.1. The molecule has 0 spiro atoms. The molecule has 4 aromatic rings. The number of fused-ring (bicyclic) bond motifs is 1. The summed E-state index contributed by atoms with van der Waals surface area (Å²) in [5.74, 6) is 1.32. The first-order valence-electron chi connectivity index (χ1n) is 9.22. The number of amides is 1. The first kappa shape index (κ1) is 23.5. The van der Waals surface area contributed by atoms with Crippen molar-refractivity contribution in [1.82, 2.24) is 25.3 Å². The minimum Gasteiger partial charge on any atom is -0.488 e. The molecule has 12 heteroatoms. The van der Waals surface area contributed by atoms with Gasteiger partial charge in [0.25, 0.3) is 0 Å². The van der Waals surface area contributed by atoms with Crippen LogP contribution >= 0.6 is 35.5 Å². The number of carbonyl (C=O) groups excluding carboxylic acids is 1. The van der Waals surface area contributed by atoms with Crippen molar-refractivity contribution < 1.29 is 9.53 Å². The number of carbonyl (C=O) groups is 1. The number of thiophene rings is 1. The number of hydrogen-bond acceptors (Lipinski definition) is 10. The van der Waals surface area contributed by atoms with E-state index in [1.807, 2.05) is 30.3 Å². The lowest BCUT2D eigenvalue weighted by molar-refractivity contribution is -0.118. The van der Waals surface area contributed by atoms with Crippen LogP contribution in [0.3, 0.4) is 0 Å². The first-order chi connectivity index (χ1) is 15.0. The van der Waals surface area contributed by atoms with Crippen LogP contribution in [-0.2, 0) is 11.4 Å². The van der Waals surface area contributed by atoms with Gasteiger partial charge in [0, 0.05) is 35.3 Å². The summed E-state index contributed by atoms with van der Waals surface area (Å²) >= 11 is 2.83. The molecule has 9 nitrogen and oxygen atoms in total. The lowest BCUT2D eigenvalue weighted by Crippen LogP contribution is -2.19. The van der Waals surface area contributed by atoms with Crippen LogP contribution in [0.4, 0.5) is 11.8 Å². The monoisotopic (exact) mass is 489 g/mol. The number of hydrogen-bond donors (Lipinski definition) is 3. The molecular weight excluding hydrogens is 470 g/mol. The molecule has 0 aliphatic rings. The Bertz CT molecular complexity index is 1250. The zero-order valence-corrected chi connectivity index (χ0v) is 19.4. The summed E-state index contributed by atoms with van der Waals surface area (Å²) in [5, 5.41) is 4.07. The average molecular weight is 490 g/mol. The fraction of sp³-hybridized carbons (Fsp3) is 0.150. The van der Waals surface area contributed by atoms with E-state index in [0.29, 0.717) is 22.3 Å². The molecule has 0 bridgehead atoms. The molecule has 0 aliphatic carbocycles. The maximum Gasteiger partial charge on any atom is 0.230 e. The van der Waals surface area contributed by atoms with Crippen molar-refractivity contribution in [3.05, 3.63) is 48.3 Å². The second-order valence-corrected chi connectivity index (χ2v) is 8.38. The van der Waals surface area contributed by atoms with Gasteiger partial charge in [-0.25, -0.2) is 15.0 Å². The third-order valence-corrected chi connectivity index (χ3v) is 6.25. The third-order valence-electron chi connectivity index (χ3n) is 4.31. The number of halogens is 1. The summed E-state index contributed by atoms with van der Waals surface area (Å²) in [5.41, 5.74) is 13.0. The highest BCUT2D eigenvalue weighted by molar-refractivity contribution is 7.99. The van der Waals surface area contributed by atoms with Gasteiger partial charge in [-0.15, -0.1) is 23.7 Å². The summed E-state index contributed by atoms with van der Waals surface area (Å²) in [7, 11) is 1.60. The van der Waals surface area contributed by atoms with E-state index in [0.717, 1.165) is 20.7 Å². The minimum atomic E-state index is -0.0706. The molecular formula is C20H20ClN7O2S2.